The molecule has 1 aliphatic heterocycles. The van der Waals surface area contributed by atoms with Crippen LogP contribution >= 0.6 is 23.4 Å². The number of amides is 1. The number of halogens is 1. The van der Waals surface area contributed by atoms with Gasteiger partial charge >= 0.3 is 0 Å². The maximum atomic E-state index is 11.6. The van der Waals surface area contributed by atoms with Crippen molar-refractivity contribution >= 4 is 45.9 Å². The van der Waals surface area contributed by atoms with Crippen molar-refractivity contribution in [2.24, 2.45) is 10.7 Å². The van der Waals surface area contributed by atoms with Gasteiger partial charge in [0.05, 0.1) is 12.1 Å². The summed E-state index contributed by atoms with van der Waals surface area (Å²) in [5.41, 5.74) is 5.57. The number of carbonyl (C=O) groups is 1. The number of aliphatic hydroxyl groups is 1. The van der Waals surface area contributed by atoms with E-state index in [1.165, 1.54) is 18.1 Å². The van der Waals surface area contributed by atoms with E-state index in [9.17, 15) is 9.90 Å². The molecule has 0 unspecified atom stereocenters. The Morgan fingerprint density at radius 1 is 1.25 bits per heavy atom. The highest BCUT2D eigenvalue weighted by molar-refractivity contribution is 8.14. The molecule has 1 aliphatic rings. The zero-order valence-electron chi connectivity index (χ0n) is 14.5. The van der Waals surface area contributed by atoms with Gasteiger partial charge < -0.3 is 15.8 Å². The van der Waals surface area contributed by atoms with Gasteiger partial charge in [0.1, 0.15) is 0 Å². The second kappa shape index (κ2) is 7.31. The summed E-state index contributed by atoms with van der Waals surface area (Å²) in [5.74, 6) is -0.144. The van der Waals surface area contributed by atoms with E-state index in [-0.39, 0.29) is 11.5 Å². The van der Waals surface area contributed by atoms with Crippen molar-refractivity contribution in [3.05, 3.63) is 77.2 Å². The summed E-state index contributed by atoms with van der Waals surface area (Å²) in [6.07, 6.45) is 1.36. The molecule has 142 valence electrons. The molecule has 4 rings (SSSR count). The molecule has 0 aliphatic carbocycles. The summed E-state index contributed by atoms with van der Waals surface area (Å²) in [6, 6.07) is 16.4. The van der Waals surface area contributed by atoms with E-state index in [0.29, 0.717) is 21.5 Å². The molecule has 1 fully saturated rings. The van der Waals surface area contributed by atoms with Crippen LogP contribution in [0.4, 0.5) is 11.5 Å². The van der Waals surface area contributed by atoms with Crippen molar-refractivity contribution in [2.75, 3.05) is 10.7 Å². The number of para-hydroxylation sites is 1. The molecule has 0 saturated carbocycles. The third-order valence-corrected chi connectivity index (χ3v) is 5.68. The number of nitrogens with zero attached hydrogens (tertiary/aromatic N) is 3. The average Bonchev–Trinajstić information content (AvgIpc) is 3.28. The highest BCUT2D eigenvalue weighted by atomic mass is 35.5. The van der Waals surface area contributed by atoms with Crippen LogP contribution in [0.3, 0.4) is 0 Å². The molecular formula is C19H16ClN5O2S. The molecule has 1 aromatic heterocycles. The van der Waals surface area contributed by atoms with Gasteiger partial charge in [0.2, 0.25) is 0 Å². The minimum Gasteiger partial charge on any atom is -0.366 e. The number of benzene rings is 2. The van der Waals surface area contributed by atoms with E-state index in [1.807, 2.05) is 30.3 Å². The van der Waals surface area contributed by atoms with Crippen LogP contribution in [0, 0.1) is 0 Å². The number of carbonyl (C=O) groups excluding carboxylic acids is 1. The Morgan fingerprint density at radius 3 is 2.64 bits per heavy atom. The molecule has 3 aromatic rings. The average molecular weight is 414 g/mol. The van der Waals surface area contributed by atoms with Crippen LogP contribution in [0.5, 0.6) is 0 Å². The molecule has 4 N–H and O–H groups in total. The van der Waals surface area contributed by atoms with E-state index in [0.717, 1.165) is 5.69 Å². The number of aromatic amines is 1. The molecule has 1 atom stereocenters. The fraction of sp³-hybridized carbons (Fsp3) is 0.105. The number of primary amides is 1. The predicted octanol–water partition coefficient (Wildman–Crippen LogP) is 3.25. The standard InChI is InChI=1S/C19H16ClN5O2S/c20-13-8-6-12(7-9-13)19(27)10-28-18(25(19)14-4-2-1-3-5-14)24-17-15(16(21)26)22-11-23-17/h1-9,11,27H,10H2,(H2,21,26)(H,22,23)/t19-/m1/s1. The molecular weight excluding hydrogens is 398 g/mol. The van der Waals surface area contributed by atoms with Crippen molar-refractivity contribution < 1.29 is 9.90 Å². The number of imidazole rings is 1. The molecule has 2 heterocycles. The zero-order valence-corrected chi connectivity index (χ0v) is 16.1. The maximum Gasteiger partial charge on any atom is 0.269 e. The number of nitrogens with one attached hydrogen (secondary N) is 1. The van der Waals surface area contributed by atoms with E-state index >= 15 is 0 Å². The van der Waals surface area contributed by atoms with Gasteiger partial charge in [0.25, 0.3) is 5.91 Å². The number of aliphatic imine (C=N–C) groups is 1. The summed E-state index contributed by atoms with van der Waals surface area (Å²) in [5, 5.41) is 12.7. The van der Waals surface area contributed by atoms with Crippen molar-refractivity contribution in [2.45, 2.75) is 5.72 Å². The molecule has 0 spiro atoms. The van der Waals surface area contributed by atoms with Gasteiger partial charge in [-0.1, -0.05) is 53.7 Å². The number of nitrogens with two attached hydrogens (primary N) is 1. The highest BCUT2D eigenvalue weighted by Crippen LogP contribution is 2.43. The van der Waals surface area contributed by atoms with Crippen LogP contribution in [0.25, 0.3) is 0 Å². The maximum absolute atomic E-state index is 11.6. The molecule has 0 radical (unpaired) electrons. The summed E-state index contributed by atoms with van der Waals surface area (Å²) < 4.78 is 0. The topological polar surface area (TPSA) is 108 Å². The first-order chi connectivity index (χ1) is 13.5. The Labute approximate surface area is 170 Å². The van der Waals surface area contributed by atoms with Gasteiger partial charge in [-0.05, 0) is 24.3 Å². The fourth-order valence-electron chi connectivity index (χ4n) is 3.01. The van der Waals surface area contributed by atoms with Gasteiger partial charge in [-0.2, -0.15) is 0 Å². The molecule has 1 amide bonds. The Balaban J connectivity index is 1.84. The van der Waals surface area contributed by atoms with Gasteiger partial charge in [-0.15, -0.1) is 0 Å². The summed E-state index contributed by atoms with van der Waals surface area (Å²) in [6.45, 7) is 0. The van der Waals surface area contributed by atoms with Crippen LogP contribution in [0.2, 0.25) is 5.02 Å². The van der Waals surface area contributed by atoms with Gasteiger partial charge in [0, 0.05) is 16.3 Å². The smallest absolute Gasteiger partial charge is 0.269 e. The molecule has 9 heteroatoms. The van der Waals surface area contributed by atoms with Gasteiger partial charge in [-0.3, -0.25) is 9.69 Å². The highest BCUT2D eigenvalue weighted by Gasteiger charge is 2.46. The van der Waals surface area contributed by atoms with Gasteiger partial charge in [-0.25, -0.2) is 9.98 Å². The van der Waals surface area contributed by atoms with Crippen LogP contribution in [-0.4, -0.2) is 31.9 Å². The quantitative estimate of drug-likeness (QED) is 0.608. The van der Waals surface area contributed by atoms with Crippen LogP contribution in [0.1, 0.15) is 16.1 Å². The molecule has 1 saturated heterocycles. The number of anilines is 1. The normalized spacial score (nSPS) is 20.6. The van der Waals surface area contributed by atoms with Gasteiger partial charge in [0.15, 0.2) is 22.4 Å². The first kappa shape index (κ1) is 18.5. The van der Waals surface area contributed by atoms with Crippen LogP contribution < -0.4 is 10.6 Å². The third kappa shape index (κ3) is 3.26. The fourth-order valence-corrected chi connectivity index (χ4v) is 4.30. The van der Waals surface area contributed by atoms with Crippen molar-refractivity contribution in [1.29, 1.82) is 0 Å². The van der Waals surface area contributed by atoms with E-state index in [1.54, 1.807) is 29.2 Å². The first-order valence-corrected chi connectivity index (χ1v) is 9.74. The Morgan fingerprint density at radius 2 is 1.96 bits per heavy atom. The summed E-state index contributed by atoms with van der Waals surface area (Å²) >= 11 is 7.36. The van der Waals surface area contributed by atoms with Crippen LogP contribution in [-0.2, 0) is 5.72 Å². The largest absolute Gasteiger partial charge is 0.366 e. The second-order valence-electron chi connectivity index (χ2n) is 6.14. The number of rotatable bonds is 4. The van der Waals surface area contributed by atoms with E-state index < -0.39 is 11.6 Å². The lowest BCUT2D eigenvalue weighted by Gasteiger charge is -2.34. The lowest BCUT2D eigenvalue weighted by atomic mass is 10.0. The third-order valence-electron chi connectivity index (χ3n) is 4.35. The van der Waals surface area contributed by atoms with E-state index in [4.69, 9.17) is 17.3 Å². The Bertz CT molecular complexity index is 1040. The minimum absolute atomic E-state index is 0.114. The number of thioether (sulfide) groups is 1. The number of hydrogen-bond donors (Lipinski definition) is 3. The second-order valence-corrected chi connectivity index (χ2v) is 7.52. The Hall–Kier alpha value is -2.81. The first-order valence-electron chi connectivity index (χ1n) is 8.37. The summed E-state index contributed by atoms with van der Waals surface area (Å²) in [7, 11) is 0. The monoisotopic (exact) mass is 413 g/mol. The number of H-pyrrole nitrogens is 1. The van der Waals surface area contributed by atoms with Crippen molar-refractivity contribution in [1.82, 2.24) is 9.97 Å². The SMILES string of the molecule is NC(=O)c1[nH]cnc1N=C1SC[C@@](O)(c2ccc(Cl)cc2)N1c1ccccc1. The number of hydrogen-bond acceptors (Lipinski definition) is 5. The zero-order chi connectivity index (χ0) is 19.7. The van der Waals surface area contributed by atoms with Crippen molar-refractivity contribution in [3.8, 4) is 0 Å². The minimum atomic E-state index is -1.35. The summed E-state index contributed by atoms with van der Waals surface area (Å²) in [4.78, 5) is 24.6. The van der Waals surface area contributed by atoms with Crippen LogP contribution in [0.15, 0.2) is 65.9 Å². The molecule has 28 heavy (non-hydrogen) atoms. The lowest BCUT2D eigenvalue weighted by molar-refractivity contribution is 0.0768. The predicted molar refractivity (Wildman–Crippen MR) is 111 cm³/mol. The van der Waals surface area contributed by atoms with Crippen molar-refractivity contribution in [3.63, 3.8) is 0 Å². The lowest BCUT2D eigenvalue weighted by Crippen LogP contribution is -2.45. The molecule has 7 nitrogen and oxygen atoms in total. The Kier molecular flexibility index (Phi) is 4.84. The number of aromatic nitrogens is 2. The van der Waals surface area contributed by atoms with E-state index in [2.05, 4.69) is 15.0 Å². The molecule has 2 aromatic carbocycles. The number of amidine groups is 1. The molecule has 0 bridgehead atoms.